The Kier molecular flexibility index (Phi) is 5.52. The van der Waals surface area contributed by atoms with Gasteiger partial charge < -0.3 is 9.80 Å². The van der Waals surface area contributed by atoms with E-state index in [4.69, 9.17) is 5.26 Å². The van der Waals surface area contributed by atoms with Gasteiger partial charge in [-0.15, -0.1) is 11.3 Å². The summed E-state index contributed by atoms with van der Waals surface area (Å²) in [5.41, 5.74) is 3.05. The van der Waals surface area contributed by atoms with Gasteiger partial charge in [-0.1, -0.05) is 12.1 Å². The average molecular weight is 353 g/mol. The van der Waals surface area contributed by atoms with Crippen molar-refractivity contribution in [2.45, 2.75) is 25.8 Å². The van der Waals surface area contributed by atoms with Crippen LogP contribution < -0.4 is 0 Å². The molecule has 1 amide bonds. The van der Waals surface area contributed by atoms with E-state index in [2.05, 4.69) is 17.0 Å². The SMILES string of the molecule is CN(C)CCN(Cc1ccc(C#N)cc1)C(=O)c1cc2c(s1)CCC2. The van der Waals surface area contributed by atoms with Crippen molar-refractivity contribution in [1.82, 2.24) is 9.80 Å². The summed E-state index contributed by atoms with van der Waals surface area (Å²) in [6.07, 6.45) is 3.43. The first-order valence-electron chi connectivity index (χ1n) is 8.61. The van der Waals surface area contributed by atoms with Gasteiger partial charge in [0, 0.05) is 24.5 Å². The fourth-order valence-corrected chi connectivity index (χ4v) is 4.29. The van der Waals surface area contributed by atoms with Crippen molar-refractivity contribution in [3.63, 3.8) is 0 Å². The summed E-state index contributed by atoms with van der Waals surface area (Å²) >= 11 is 1.66. The van der Waals surface area contributed by atoms with Gasteiger partial charge in [-0.3, -0.25) is 4.79 Å². The minimum Gasteiger partial charge on any atom is -0.332 e. The van der Waals surface area contributed by atoms with Gasteiger partial charge >= 0.3 is 0 Å². The van der Waals surface area contributed by atoms with Crippen molar-refractivity contribution in [3.05, 3.63) is 56.8 Å². The van der Waals surface area contributed by atoms with Crippen LogP contribution in [0.3, 0.4) is 0 Å². The summed E-state index contributed by atoms with van der Waals surface area (Å²) < 4.78 is 0. The molecule has 1 aliphatic rings. The number of carbonyl (C=O) groups excluding carboxylic acids is 1. The summed E-state index contributed by atoms with van der Waals surface area (Å²) in [7, 11) is 4.04. The fraction of sp³-hybridized carbons (Fsp3) is 0.400. The Balaban J connectivity index is 1.77. The van der Waals surface area contributed by atoms with Crippen molar-refractivity contribution in [1.29, 1.82) is 5.26 Å². The smallest absolute Gasteiger partial charge is 0.264 e. The molecule has 0 atom stereocenters. The predicted octanol–water partition coefficient (Wildman–Crippen LogP) is 3.31. The van der Waals surface area contributed by atoms with Crippen LogP contribution in [0.15, 0.2) is 30.3 Å². The van der Waals surface area contributed by atoms with Crippen LogP contribution >= 0.6 is 11.3 Å². The minimum absolute atomic E-state index is 0.116. The topological polar surface area (TPSA) is 47.3 Å². The van der Waals surface area contributed by atoms with Crippen molar-refractivity contribution in [3.8, 4) is 6.07 Å². The molecule has 1 aromatic carbocycles. The molecule has 1 heterocycles. The third kappa shape index (κ3) is 4.28. The third-order valence-corrected chi connectivity index (χ3v) is 5.74. The molecule has 0 saturated heterocycles. The lowest BCUT2D eigenvalue weighted by Crippen LogP contribution is -2.35. The molecule has 0 unspecified atom stereocenters. The summed E-state index contributed by atoms with van der Waals surface area (Å²) in [6.45, 7) is 2.09. The number of fused-ring (bicyclic) bond motifs is 1. The van der Waals surface area contributed by atoms with E-state index >= 15 is 0 Å². The van der Waals surface area contributed by atoms with Crippen LogP contribution in [0.25, 0.3) is 0 Å². The Bertz CT molecular complexity index is 765. The molecule has 0 N–H and O–H groups in total. The Morgan fingerprint density at radius 1 is 1.20 bits per heavy atom. The maximum absolute atomic E-state index is 13.1. The minimum atomic E-state index is 0.116. The normalized spacial score (nSPS) is 12.9. The molecule has 0 spiro atoms. The molecule has 2 aromatic rings. The Morgan fingerprint density at radius 2 is 1.96 bits per heavy atom. The predicted molar refractivity (Wildman–Crippen MR) is 101 cm³/mol. The van der Waals surface area contributed by atoms with E-state index < -0.39 is 0 Å². The van der Waals surface area contributed by atoms with Gasteiger partial charge in [0.05, 0.1) is 16.5 Å². The van der Waals surface area contributed by atoms with E-state index in [1.807, 2.05) is 43.3 Å². The zero-order chi connectivity index (χ0) is 17.8. The second-order valence-electron chi connectivity index (χ2n) is 6.75. The van der Waals surface area contributed by atoms with Crippen LogP contribution in [0, 0.1) is 11.3 Å². The number of likely N-dealkylation sites (N-methyl/N-ethyl adjacent to an activating group) is 1. The molecule has 0 radical (unpaired) electrons. The number of rotatable bonds is 6. The Labute approximate surface area is 153 Å². The summed E-state index contributed by atoms with van der Waals surface area (Å²) in [5.74, 6) is 0.116. The largest absolute Gasteiger partial charge is 0.332 e. The number of carbonyl (C=O) groups is 1. The number of hydrogen-bond acceptors (Lipinski definition) is 4. The average Bonchev–Trinajstić information content (AvgIpc) is 3.20. The fourth-order valence-electron chi connectivity index (χ4n) is 3.07. The molecule has 1 aliphatic carbocycles. The number of thiophene rings is 1. The summed E-state index contributed by atoms with van der Waals surface area (Å²) in [4.78, 5) is 19.3. The zero-order valence-corrected chi connectivity index (χ0v) is 15.6. The van der Waals surface area contributed by atoms with Gasteiger partial charge in [0.25, 0.3) is 5.91 Å². The van der Waals surface area contributed by atoms with Crippen LogP contribution in [0.4, 0.5) is 0 Å². The Hall–Kier alpha value is -2.16. The number of benzene rings is 1. The molecule has 0 saturated carbocycles. The maximum atomic E-state index is 13.1. The Morgan fingerprint density at radius 3 is 2.60 bits per heavy atom. The van der Waals surface area contributed by atoms with Crippen LogP contribution in [-0.2, 0) is 19.4 Å². The van der Waals surface area contributed by atoms with E-state index in [-0.39, 0.29) is 5.91 Å². The van der Waals surface area contributed by atoms with Gasteiger partial charge in [0.15, 0.2) is 0 Å². The number of nitriles is 1. The lowest BCUT2D eigenvalue weighted by atomic mass is 10.1. The molecular formula is C20H23N3OS. The molecule has 0 fully saturated rings. The van der Waals surface area contributed by atoms with E-state index in [0.717, 1.165) is 29.8 Å². The molecule has 130 valence electrons. The highest BCUT2D eigenvalue weighted by Gasteiger charge is 2.22. The molecule has 4 nitrogen and oxygen atoms in total. The molecule has 0 bridgehead atoms. The molecule has 0 aliphatic heterocycles. The van der Waals surface area contributed by atoms with Gasteiger partial charge in [0.1, 0.15) is 0 Å². The standard InChI is InChI=1S/C20H23N3OS/c1-22(2)10-11-23(14-16-8-6-15(13-21)7-9-16)20(24)19-12-17-4-3-5-18(17)25-19/h6-9,12H,3-5,10-11,14H2,1-2H3. The van der Waals surface area contributed by atoms with Crippen molar-refractivity contribution in [2.24, 2.45) is 0 Å². The highest BCUT2D eigenvalue weighted by molar-refractivity contribution is 7.14. The third-order valence-electron chi connectivity index (χ3n) is 4.52. The van der Waals surface area contributed by atoms with Gasteiger partial charge in [0.2, 0.25) is 0 Å². The van der Waals surface area contributed by atoms with Gasteiger partial charge in [-0.2, -0.15) is 5.26 Å². The molecular weight excluding hydrogens is 330 g/mol. The van der Waals surface area contributed by atoms with E-state index in [1.165, 1.54) is 16.9 Å². The number of amides is 1. The van der Waals surface area contributed by atoms with E-state index in [1.54, 1.807) is 11.3 Å². The molecule has 5 heteroatoms. The highest BCUT2D eigenvalue weighted by atomic mass is 32.1. The second kappa shape index (κ2) is 7.81. The van der Waals surface area contributed by atoms with Gasteiger partial charge in [-0.25, -0.2) is 0 Å². The lowest BCUT2D eigenvalue weighted by molar-refractivity contribution is 0.0737. The molecule has 25 heavy (non-hydrogen) atoms. The van der Waals surface area contributed by atoms with Crippen molar-refractivity contribution >= 4 is 17.2 Å². The van der Waals surface area contributed by atoms with Gasteiger partial charge in [-0.05, 0) is 62.7 Å². The van der Waals surface area contributed by atoms with Crippen LogP contribution in [-0.4, -0.2) is 42.9 Å². The van der Waals surface area contributed by atoms with Crippen LogP contribution in [0.5, 0.6) is 0 Å². The molecule has 1 aromatic heterocycles. The van der Waals surface area contributed by atoms with Crippen LogP contribution in [0.1, 0.15) is 37.7 Å². The quantitative estimate of drug-likeness (QED) is 0.800. The van der Waals surface area contributed by atoms with Crippen molar-refractivity contribution < 1.29 is 4.79 Å². The monoisotopic (exact) mass is 353 g/mol. The zero-order valence-electron chi connectivity index (χ0n) is 14.8. The molecule has 3 rings (SSSR count). The summed E-state index contributed by atoms with van der Waals surface area (Å²) in [5, 5.41) is 8.93. The first-order chi connectivity index (χ1) is 12.1. The summed E-state index contributed by atoms with van der Waals surface area (Å²) in [6, 6.07) is 11.7. The highest BCUT2D eigenvalue weighted by Crippen LogP contribution is 2.31. The van der Waals surface area contributed by atoms with Crippen LogP contribution in [0.2, 0.25) is 0 Å². The van der Waals surface area contributed by atoms with E-state index in [9.17, 15) is 4.79 Å². The number of nitrogens with zero attached hydrogens (tertiary/aromatic N) is 3. The first kappa shape index (κ1) is 17.7. The number of aryl methyl sites for hydroxylation is 2. The first-order valence-corrected chi connectivity index (χ1v) is 9.43. The maximum Gasteiger partial charge on any atom is 0.264 e. The second-order valence-corrected chi connectivity index (χ2v) is 7.89. The lowest BCUT2D eigenvalue weighted by Gasteiger charge is -2.24. The van der Waals surface area contributed by atoms with Crippen molar-refractivity contribution in [2.75, 3.05) is 27.2 Å². The number of hydrogen-bond donors (Lipinski definition) is 0. The van der Waals surface area contributed by atoms with E-state index in [0.29, 0.717) is 18.7 Å².